The third kappa shape index (κ3) is 5.16. The number of benzene rings is 2. The Bertz CT molecular complexity index is 1260. The standard InChI is InChI=1S/C26H29F2N3O3S/c27-19-10-11-20-18(13-19)9-12-23-21(20)14-25(30-23)31-26(32)17-7-5-16(6-8-17)15-29-35(33,34)24-4-2-1-3-22(24)28/h1-4,10-11,13,16-17,21,23,29H,5-9,12,14-15H2,(H,30,31,32). The molecule has 0 saturated heterocycles. The number of nitrogens with one attached hydrogen (secondary N) is 2. The van der Waals surface area contributed by atoms with Gasteiger partial charge in [-0.25, -0.2) is 21.9 Å². The predicted molar refractivity (Wildman–Crippen MR) is 128 cm³/mol. The van der Waals surface area contributed by atoms with Crippen molar-refractivity contribution in [2.45, 2.75) is 61.8 Å². The summed E-state index contributed by atoms with van der Waals surface area (Å²) in [6.07, 6.45) is 5.07. The van der Waals surface area contributed by atoms with Crippen LogP contribution in [0.4, 0.5) is 8.78 Å². The van der Waals surface area contributed by atoms with E-state index in [1.54, 1.807) is 6.07 Å². The number of nitrogens with zero attached hydrogens (tertiary/aromatic N) is 1. The Morgan fingerprint density at radius 1 is 1.03 bits per heavy atom. The first kappa shape index (κ1) is 24.1. The molecule has 2 N–H and O–H groups in total. The monoisotopic (exact) mass is 501 g/mol. The van der Waals surface area contributed by atoms with Crippen molar-refractivity contribution in [1.29, 1.82) is 0 Å². The highest BCUT2D eigenvalue weighted by Crippen LogP contribution is 2.40. The van der Waals surface area contributed by atoms with Crippen molar-refractivity contribution in [3.8, 4) is 0 Å². The van der Waals surface area contributed by atoms with Gasteiger partial charge in [0.25, 0.3) is 0 Å². The smallest absolute Gasteiger partial charge is 0.243 e. The molecule has 1 fully saturated rings. The summed E-state index contributed by atoms with van der Waals surface area (Å²) in [4.78, 5) is 17.3. The van der Waals surface area contributed by atoms with Crippen LogP contribution in [-0.4, -0.2) is 32.7 Å². The van der Waals surface area contributed by atoms with Gasteiger partial charge in [0.15, 0.2) is 0 Å². The molecule has 1 amide bonds. The van der Waals surface area contributed by atoms with Crippen LogP contribution in [0.2, 0.25) is 0 Å². The van der Waals surface area contributed by atoms with Gasteiger partial charge in [0, 0.05) is 24.8 Å². The molecule has 1 aliphatic heterocycles. The Labute approximate surface area is 204 Å². The summed E-state index contributed by atoms with van der Waals surface area (Å²) in [5.41, 5.74) is 2.17. The molecule has 9 heteroatoms. The van der Waals surface area contributed by atoms with Crippen LogP contribution in [0, 0.1) is 23.5 Å². The first-order valence-electron chi connectivity index (χ1n) is 12.2. The lowest BCUT2D eigenvalue weighted by molar-refractivity contribution is -0.124. The summed E-state index contributed by atoms with van der Waals surface area (Å²) in [5, 5.41) is 3.03. The molecule has 5 rings (SSSR count). The molecule has 2 unspecified atom stereocenters. The number of amides is 1. The lowest BCUT2D eigenvalue weighted by Crippen LogP contribution is -2.38. The van der Waals surface area contributed by atoms with E-state index >= 15 is 0 Å². The molecule has 1 saturated carbocycles. The number of halogens is 2. The Morgan fingerprint density at radius 2 is 1.80 bits per heavy atom. The van der Waals surface area contributed by atoms with Gasteiger partial charge in [-0.3, -0.25) is 9.79 Å². The molecular formula is C26H29F2N3O3S. The van der Waals surface area contributed by atoms with Gasteiger partial charge in [-0.15, -0.1) is 0 Å². The van der Waals surface area contributed by atoms with Crippen molar-refractivity contribution in [3.63, 3.8) is 0 Å². The molecule has 0 radical (unpaired) electrons. The van der Waals surface area contributed by atoms with Crippen LogP contribution in [0.5, 0.6) is 0 Å². The first-order chi connectivity index (χ1) is 16.8. The molecule has 2 aliphatic carbocycles. The molecule has 35 heavy (non-hydrogen) atoms. The van der Waals surface area contributed by atoms with Crippen molar-refractivity contribution < 1.29 is 22.0 Å². The number of hydrogen-bond donors (Lipinski definition) is 2. The minimum atomic E-state index is -3.91. The van der Waals surface area contributed by atoms with E-state index in [0.29, 0.717) is 37.9 Å². The van der Waals surface area contributed by atoms with Crippen molar-refractivity contribution >= 4 is 21.8 Å². The van der Waals surface area contributed by atoms with Gasteiger partial charge < -0.3 is 5.32 Å². The van der Waals surface area contributed by atoms with Crippen LogP contribution in [0.1, 0.15) is 55.6 Å². The maximum Gasteiger partial charge on any atom is 0.243 e. The van der Waals surface area contributed by atoms with Gasteiger partial charge in [-0.2, -0.15) is 0 Å². The number of carbonyl (C=O) groups is 1. The predicted octanol–water partition coefficient (Wildman–Crippen LogP) is 4.07. The Balaban J connectivity index is 1.11. The van der Waals surface area contributed by atoms with Gasteiger partial charge in [0.2, 0.25) is 15.9 Å². The third-order valence-corrected chi connectivity index (χ3v) is 9.04. The molecule has 0 spiro atoms. The third-order valence-electron chi connectivity index (χ3n) is 7.59. The lowest BCUT2D eigenvalue weighted by Gasteiger charge is -2.28. The van der Waals surface area contributed by atoms with Crippen LogP contribution < -0.4 is 10.0 Å². The highest BCUT2D eigenvalue weighted by molar-refractivity contribution is 7.89. The molecule has 2 aromatic carbocycles. The molecule has 0 bridgehead atoms. The van der Waals surface area contributed by atoms with E-state index in [0.717, 1.165) is 30.0 Å². The van der Waals surface area contributed by atoms with E-state index in [4.69, 9.17) is 4.99 Å². The zero-order valence-corrected chi connectivity index (χ0v) is 20.2. The first-order valence-corrected chi connectivity index (χ1v) is 13.7. The Hall–Kier alpha value is -2.65. The summed E-state index contributed by atoms with van der Waals surface area (Å²) in [7, 11) is -3.91. The van der Waals surface area contributed by atoms with Crippen LogP contribution >= 0.6 is 0 Å². The zero-order chi connectivity index (χ0) is 24.6. The van der Waals surface area contributed by atoms with E-state index in [1.807, 2.05) is 6.07 Å². The number of hydrogen-bond acceptors (Lipinski definition) is 4. The lowest BCUT2D eigenvalue weighted by atomic mass is 9.79. The highest BCUT2D eigenvalue weighted by atomic mass is 32.2. The molecular weight excluding hydrogens is 472 g/mol. The number of aliphatic imine (C=N–C) groups is 1. The van der Waals surface area contributed by atoms with Gasteiger partial charge in [-0.05, 0) is 79.8 Å². The second-order valence-electron chi connectivity index (χ2n) is 9.82. The topological polar surface area (TPSA) is 87.6 Å². The number of fused-ring (bicyclic) bond motifs is 3. The van der Waals surface area contributed by atoms with Crippen LogP contribution in [0.15, 0.2) is 52.4 Å². The quantitative estimate of drug-likeness (QED) is 0.648. The fourth-order valence-electron chi connectivity index (χ4n) is 5.65. The number of aryl methyl sites for hydroxylation is 1. The van der Waals surface area contributed by atoms with Crippen LogP contribution in [0.3, 0.4) is 0 Å². The molecule has 0 aromatic heterocycles. The van der Waals surface area contributed by atoms with Crippen molar-refractivity contribution in [1.82, 2.24) is 10.0 Å². The van der Waals surface area contributed by atoms with E-state index < -0.39 is 15.8 Å². The maximum atomic E-state index is 13.9. The Kier molecular flexibility index (Phi) is 6.72. The Morgan fingerprint density at radius 3 is 2.57 bits per heavy atom. The second-order valence-corrected chi connectivity index (χ2v) is 11.6. The van der Waals surface area contributed by atoms with E-state index in [-0.39, 0.29) is 47.0 Å². The fourth-order valence-corrected chi connectivity index (χ4v) is 6.84. The van der Waals surface area contributed by atoms with E-state index in [9.17, 15) is 22.0 Å². The number of amidine groups is 1. The number of rotatable bonds is 5. The number of sulfonamides is 1. The van der Waals surface area contributed by atoms with Crippen LogP contribution in [-0.2, 0) is 21.2 Å². The van der Waals surface area contributed by atoms with E-state index in [1.165, 1.54) is 24.3 Å². The largest absolute Gasteiger partial charge is 0.314 e. The zero-order valence-electron chi connectivity index (χ0n) is 19.3. The summed E-state index contributed by atoms with van der Waals surface area (Å²) in [5.74, 6) is -0.164. The summed E-state index contributed by atoms with van der Waals surface area (Å²) < 4.78 is 54.8. The minimum absolute atomic E-state index is 0.0351. The molecule has 2 aromatic rings. The molecule has 2 atom stereocenters. The second kappa shape index (κ2) is 9.78. The average molecular weight is 502 g/mol. The van der Waals surface area contributed by atoms with E-state index in [2.05, 4.69) is 10.0 Å². The normalized spacial score (nSPS) is 25.9. The molecule has 6 nitrogen and oxygen atoms in total. The minimum Gasteiger partial charge on any atom is -0.314 e. The highest BCUT2D eigenvalue weighted by Gasteiger charge is 2.36. The fraction of sp³-hybridized carbons (Fsp3) is 0.462. The van der Waals surface area contributed by atoms with Gasteiger partial charge in [0.05, 0.1) is 6.04 Å². The van der Waals surface area contributed by atoms with Crippen molar-refractivity contribution in [3.05, 3.63) is 65.2 Å². The van der Waals surface area contributed by atoms with Crippen LogP contribution in [0.25, 0.3) is 0 Å². The van der Waals surface area contributed by atoms with Crippen molar-refractivity contribution in [2.24, 2.45) is 16.8 Å². The van der Waals surface area contributed by atoms with Gasteiger partial charge in [0.1, 0.15) is 22.4 Å². The van der Waals surface area contributed by atoms with Gasteiger partial charge >= 0.3 is 0 Å². The molecule has 3 aliphatic rings. The van der Waals surface area contributed by atoms with Crippen molar-refractivity contribution in [2.75, 3.05) is 6.54 Å². The summed E-state index contributed by atoms with van der Waals surface area (Å²) >= 11 is 0. The summed E-state index contributed by atoms with van der Waals surface area (Å²) in [6.45, 7) is 0.223. The van der Waals surface area contributed by atoms with Gasteiger partial charge in [-0.1, -0.05) is 18.2 Å². The SMILES string of the molecule is O=C(NC1=NC2CCc3cc(F)ccc3C2C1)C1CCC(CNS(=O)(=O)c2ccccc2F)CC1. The average Bonchev–Trinajstić information content (AvgIpc) is 3.26. The number of carbonyl (C=O) groups excluding carboxylic acids is 1. The maximum absolute atomic E-state index is 13.9. The molecule has 1 heterocycles. The summed E-state index contributed by atoms with van der Waals surface area (Å²) in [6, 6.07) is 10.4. The molecule has 186 valence electrons.